The van der Waals surface area contributed by atoms with E-state index in [0.29, 0.717) is 4.68 Å². The van der Waals surface area contributed by atoms with Crippen molar-refractivity contribution in [1.82, 2.24) is 15.0 Å². The van der Waals surface area contributed by atoms with Crippen molar-refractivity contribution in [2.45, 2.75) is 18.9 Å². The predicted octanol–water partition coefficient (Wildman–Crippen LogP) is 2.13. The van der Waals surface area contributed by atoms with Crippen LogP contribution in [0.25, 0.3) is 0 Å². The molecule has 5 nitrogen and oxygen atoms in total. The molecule has 1 rings (SSSR count). The van der Waals surface area contributed by atoms with E-state index in [-0.39, 0.29) is 16.0 Å². The molecule has 0 N–H and O–H groups in total. The quantitative estimate of drug-likeness (QED) is 0.322. The number of hydrogen-bond donors (Lipinski definition) is 0. The first-order chi connectivity index (χ1) is 8.79. The Balaban J connectivity index is 2.87. The zero-order valence-electron chi connectivity index (χ0n) is 9.32. The third-order valence-corrected chi connectivity index (χ3v) is 2.95. The molecule has 0 aliphatic carbocycles. The second kappa shape index (κ2) is 6.30. The van der Waals surface area contributed by atoms with Crippen LogP contribution in [0.15, 0.2) is 12.7 Å². The van der Waals surface area contributed by atoms with Gasteiger partial charge in [0.15, 0.2) is 0 Å². The standard InChI is InChI=1S/C9H8F4IN3O2/c1-2-3-19-7(18)5-6(14)17(16-15-5)4-9(12,13)8(10)11/h2,8H,1,3-4H2. The molecule has 10 heteroatoms. The third kappa shape index (κ3) is 3.88. The number of esters is 1. The van der Waals surface area contributed by atoms with Gasteiger partial charge in [0.05, 0.1) is 0 Å². The number of halogens is 5. The van der Waals surface area contributed by atoms with E-state index < -0.39 is 24.9 Å². The van der Waals surface area contributed by atoms with Gasteiger partial charge in [-0.2, -0.15) is 8.78 Å². The molecule has 1 aromatic heterocycles. The summed E-state index contributed by atoms with van der Waals surface area (Å²) in [5.74, 6) is -5.15. The van der Waals surface area contributed by atoms with Gasteiger partial charge in [-0.1, -0.05) is 17.9 Å². The first kappa shape index (κ1) is 15.9. The van der Waals surface area contributed by atoms with Gasteiger partial charge in [0.2, 0.25) is 5.69 Å². The van der Waals surface area contributed by atoms with E-state index in [0.717, 1.165) is 0 Å². The third-order valence-electron chi connectivity index (χ3n) is 1.88. The van der Waals surface area contributed by atoms with E-state index in [9.17, 15) is 22.4 Å². The minimum absolute atomic E-state index is 0.0883. The molecular weight excluding hydrogens is 385 g/mol. The molecule has 19 heavy (non-hydrogen) atoms. The van der Waals surface area contributed by atoms with Crippen LogP contribution in [-0.4, -0.2) is 39.9 Å². The summed E-state index contributed by atoms with van der Waals surface area (Å²) in [4.78, 5) is 11.4. The summed E-state index contributed by atoms with van der Waals surface area (Å²) in [5.41, 5.74) is -0.312. The Morgan fingerprint density at radius 2 is 2.21 bits per heavy atom. The molecule has 0 aliphatic rings. The van der Waals surface area contributed by atoms with E-state index in [1.165, 1.54) is 28.7 Å². The molecule has 0 fully saturated rings. The molecule has 1 aromatic rings. The monoisotopic (exact) mass is 393 g/mol. The number of ether oxygens (including phenoxy) is 1. The maximum absolute atomic E-state index is 12.9. The van der Waals surface area contributed by atoms with Gasteiger partial charge in [-0.15, -0.1) is 5.10 Å². The Labute approximate surface area is 118 Å². The molecule has 1 heterocycles. The average Bonchev–Trinajstić information content (AvgIpc) is 2.67. The lowest BCUT2D eigenvalue weighted by atomic mass is 10.3. The van der Waals surface area contributed by atoms with Gasteiger partial charge in [-0.25, -0.2) is 18.3 Å². The summed E-state index contributed by atoms with van der Waals surface area (Å²) in [5, 5.41) is 6.56. The van der Waals surface area contributed by atoms with Crippen LogP contribution in [0.5, 0.6) is 0 Å². The fourth-order valence-electron chi connectivity index (χ4n) is 0.999. The number of nitrogens with zero attached hydrogens (tertiary/aromatic N) is 3. The van der Waals surface area contributed by atoms with Crippen molar-refractivity contribution in [2.75, 3.05) is 6.61 Å². The summed E-state index contributed by atoms with van der Waals surface area (Å²) >= 11 is 1.50. The molecule has 0 spiro atoms. The van der Waals surface area contributed by atoms with E-state index in [1.807, 2.05) is 0 Å². The van der Waals surface area contributed by atoms with Gasteiger partial charge in [0.1, 0.15) is 16.9 Å². The van der Waals surface area contributed by atoms with E-state index in [4.69, 9.17) is 0 Å². The highest BCUT2D eigenvalue weighted by atomic mass is 127. The van der Waals surface area contributed by atoms with Crippen LogP contribution < -0.4 is 0 Å². The Bertz CT molecular complexity index is 478. The highest BCUT2D eigenvalue weighted by molar-refractivity contribution is 14.1. The zero-order chi connectivity index (χ0) is 14.6. The van der Waals surface area contributed by atoms with E-state index in [2.05, 4.69) is 21.6 Å². The van der Waals surface area contributed by atoms with Crippen molar-refractivity contribution in [3.8, 4) is 0 Å². The van der Waals surface area contributed by atoms with Gasteiger partial charge in [0.25, 0.3) is 0 Å². The fraction of sp³-hybridized carbons (Fsp3) is 0.444. The summed E-state index contributed by atoms with van der Waals surface area (Å²) < 4.78 is 54.9. The largest absolute Gasteiger partial charge is 0.457 e. The molecule has 106 valence electrons. The van der Waals surface area contributed by atoms with Crippen LogP contribution in [0.3, 0.4) is 0 Å². The van der Waals surface area contributed by atoms with Crippen LogP contribution in [0, 0.1) is 3.70 Å². The zero-order valence-corrected chi connectivity index (χ0v) is 11.5. The SMILES string of the molecule is C=CCOC(=O)c1nnn(CC(F)(F)C(F)F)c1I. The van der Waals surface area contributed by atoms with Crippen LogP contribution in [0.1, 0.15) is 10.5 Å². The molecule has 0 saturated carbocycles. The number of aromatic nitrogens is 3. The molecule has 0 aromatic carbocycles. The van der Waals surface area contributed by atoms with Gasteiger partial charge in [0, 0.05) is 0 Å². The Morgan fingerprint density at radius 1 is 1.58 bits per heavy atom. The lowest BCUT2D eigenvalue weighted by Gasteiger charge is -2.14. The van der Waals surface area contributed by atoms with E-state index in [1.54, 1.807) is 0 Å². The van der Waals surface area contributed by atoms with Crippen LogP contribution >= 0.6 is 22.6 Å². The molecular formula is C9H8F4IN3O2. The van der Waals surface area contributed by atoms with Crippen molar-refractivity contribution >= 4 is 28.6 Å². The average molecular weight is 393 g/mol. The number of rotatable bonds is 6. The summed E-state index contributed by atoms with van der Waals surface area (Å²) in [6, 6.07) is 0. The van der Waals surface area contributed by atoms with Crippen LogP contribution in [0.2, 0.25) is 0 Å². The molecule has 0 saturated heterocycles. The molecule has 0 amide bonds. The smallest absolute Gasteiger partial charge is 0.362 e. The molecule has 0 radical (unpaired) electrons. The second-order valence-corrected chi connectivity index (χ2v) is 4.36. The molecule has 0 aliphatic heterocycles. The van der Waals surface area contributed by atoms with Crippen molar-refractivity contribution in [1.29, 1.82) is 0 Å². The Kier molecular flexibility index (Phi) is 5.26. The Morgan fingerprint density at radius 3 is 2.74 bits per heavy atom. The minimum Gasteiger partial charge on any atom is -0.457 e. The highest BCUT2D eigenvalue weighted by Crippen LogP contribution is 2.25. The topological polar surface area (TPSA) is 57.0 Å². The summed E-state index contributed by atoms with van der Waals surface area (Å²) in [6.45, 7) is 1.86. The minimum atomic E-state index is -4.25. The van der Waals surface area contributed by atoms with Crippen molar-refractivity contribution in [2.24, 2.45) is 0 Å². The molecule has 0 bridgehead atoms. The molecule has 0 atom stereocenters. The van der Waals surface area contributed by atoms with Gasteiger partial charge >= 0.3 is 18.3 Å². The van der Waals surface area contributed by atoms with Crippen molar-refractivity contribution in [3.63, 3.8) is 0 Å². The first-order valence-corrected chi connectivity index (χ1v) is 5.90. The summed E-state index contributed by atoms with van der Waals surface area (Å²) in [7, 11) is 0. The Hall–Kier alpha value is -1.20. The number of hydrogen-bond acceptors (Lipinski definition) is 4. The van der Waals surface area contributed by atoms with E-state index >= 15 is 0 Å². The van der Waals surface area contributed by atoms with Crippen LogP contribution in [0.4, 0.5) is 17.6 Å². The maximum Gasteiger partial charge on any atom is 0.362 e. The highest BCUT2D eigenvalue weighted by Gasteiger charge is 2.42. The lowest BCUT2D eigenvalue weighted by Crippen LogP contribution is -2.33. The van der Waals surface area contributed by atoms with Crippen LogP contribution in [-0.2, 0) is 11.3 Å². The fourth-order valence-corrected chi connectivity index (χ4v) is 1.59. The normalized spacial score (nSPS) is 11.7. The maximum atomic E-state index is 12.9. The number of carbonyl (C=O) groups excluding carboxylic acids is 1. The van der Waals surface area contributed by atoms with Gasteiger partial charge < -0.3 is 4.74 Å². The lowest BCUT2D eigenvalue weighted by molar-refractivity contribution is -0.139. The predicted molar refractivity (Wildman–Crippen MR) is 64.2 cm³/mol. The number of carbonyl (C=O) groups is 1. The second-order valence-electron chi connectivity index (χ2n) is 3.34. The number of alkyl halides is 4. The van der Waals surface area contributed by atoms with Crippen molar-refractivity contribution in [3.05, 3.63) is 22.0 Å². The van der Waals surface area contributed by atoms with Crippen molar-refractivity contribution < 1.29 is 27.1 Å². The summed E-state index contributed by atoms with van der Waals surface area (Å²) in [6.07, 6.45) is -2.52. The molecule has 0 unspecified atom stereocenters. The first-order valence-electron chi connectivity index (χ1n) is 4.82. The van der Waals surface area contributed by atoms with Gasteiger partial charge in [-0.3, -0.25) is 0 Å². The van der Waals surface area contributed by atoms with Gasteiger partial charge in [-0.05, 0) is 22.6 Å².